The Morgan fingerprint density at radius 2 is 1.79 bits per heavy atom. The molecule has 106 valence electrons. The van der Waals surface area contributed by atoms with Crippen LogP contribution < -0.4 is 0 Å². The van der Waals surface area contributed by atoms with Crippen molar-refractivity contribution in [2.75, 3.05) is 7.05 Å². The summed E-state index contributed by atoms with van der Waals surface area (Å²) >= 11 is 11.6. The molecular weight excluding hydrogens is 313 g/mol. The zero-order valence-corrected chi connectivity index (χ0v) is 12.8. The molecule has 0 aliphatic heterocycles. The van der Waals surface area contributed by atoms with E-state index in [-0.39, 0.29) is 26.5 Å². The van der Waals surface area contributed by atoms with Gasteiger partial charge in [-0.05, 0) is 26.0 Å². The maximum absolute atomic E-state index is 12.3. The van der Waals surface area contributed by atoms with E-state index in [2.05, 4.69) is 0 Å². The lowest BCUT2D eigenvalue weighted by atomic mass is 10.2. The summed E-state index contributed by atoms with van der Waals surface area (Å²) in [7, 11) is -2.47. The van der Waals surface area contributed by atoms with Crippen LogP contribution >= 0.6 is 23.2 Å². The van der Waals surface area contributed by atoms with E-state index in [1.54, 1.807) is 13.8 Å². The highest BCUT2D eigenvalue weighted by molar-refractivity contribution is 7.89. The van der Waals surface area contributed by atoms with Gasteiger partial charge in [-0.25, -0.2) is 13.2 Å². The van der Waals surface area contributed by atoms with E-state index >= 15 is 0 Å². The zero-order valence-electron chi connectivity index (χ0n) is 10.5. The minimum Gasteiger partial charge on any atom is -0.478 e. The third-order valence-corrected chi connectivity index (χ3v) is 5.45. The molecule has 0 saturated carbocycles. The van der Waals surface area contributed by atoms with Crippen molar-refractivity contribution in [1.82, 2.24) is 4.31 Å². The Kier molecular flexibility index (Phi) is 4.84. The van der Waals surface area contributed by atoms with Crippen molar-refractivity contribution >= 4 is 39.2 Å². The fourth-order valence-electron chi connectivity index (χ4n) is 1.32. The van der Waals surface area contributed by atoms with Crippen LogP contribution in [0.1, 0.15) is 24.2 Å². The zero-order chi connectivity index (χ0) is 15.0. The van der Waals surface area contributed by atoms with Crippen molar-refractivity contribution in [3.8, 4) is 0 Å². The van der Waals surface area contributed by atoms with Crippen molar-refractivity contribution in [1.29, 1.82) is 0 Å². The number of halogens is 2. The van der Waals surface area contributed by atoms with Gasteiger partial charge in [-0.3, -0.25) is 0 Å². The number of carboxylic acids is 1. The molecule has 0 aromatic heterocycles. The van der Waals surface area contributed by atoms with Crippen molar-refractivity contribution in [3.63, 3.8) is 0 Å². The Bertz CT molecular complexity index is 613. The van der Waals surface area contributed by atoms with E-state index in [0.29, 0.717) is 0 Å². The minimum atomic E-state index is -3.86. The molecule has 1 rings (SSSR count). The summed E-state index contributed by atoms with van der Waals surface area (Å²) in [5, 5.41) is 8.74. The second-order valence-electron chi connectivity index (χ2n) is 4.18. The van der Waals surface area contributed by atoms with Gasteiger partial charge >= 0.3 is 5.97 Å². The average Bonchev–Trinajstić information content (AvgIpc) is 2.26. The van der Waals surface area contributed by atoms with Crippen LogP contribution in [0, 0.1) is 0 Å². The molecule has 1 N–H and O–H groups in total. The van der Waals surface area contributed by atoms with Gasteiger partial charge in [0.2, 0.25) is 10.0 Å². The SMILES string of the molecule is CC(C)N(C)S(=O)(=O)c1cc(C(=O)O)c(Cl)cc1Cl. The molecule has 8 heteroatoms. The van der Waals surface area contributed by atoms with Crippen LogP contribution in [0.4, 0.5) is 0 Å². The Hall–Kier alpha value is -0.820. The molecule has 19 heavy (non-hydrogen) atoms. The molecule has 0 amide bonds. The van der Waals surface area contributed by atoms with E-state index in [0.717, 1.165) is 16.4 Å². The molecule has 0 atom stereocenters. The number of hydrogen-bond donors (Lipinski definition) is 1. The first kappa shape index (κ1) is 16.2. The van der Waals surface area contributed by atoms with Gasteiger partial charge in [0.1, 0.15) is 4.90 Å². The molecule has 1 aromatic rings. The maximum Gasteiger partial charge on any atom is 0.337 e. The minimum absolute atomic E-state index is 0.108. The number of nitrogens with zero attached hydrogens (tertiary/aromatic N) is 1. The standard InChI is InChI=1S/C11H13Cl2NO4S/c1-6(2)14(3)19(17,18)10-4-7(11(15)16)8(12)5-9(10)13/h4-6H,1-3H3,(H,15,16). The fourth-order valence-corrected chi connectivity index (χ4v) is 3.52. The summed E-state index contributed by atoms with van der Waals surface area (Å²) in [6.07, 6.45) is 0. The predicted octanol–water partition coefficient (Wildman–Crippen LogP) is 2.72. The monoisotopic (exact) mass is 325 g/mol. The highest BCUT2D eigenvalue weighted by Crippen LogP contribution is 2.30. The van der Waals surface area contributed by atoms with Crippen LogP contribution in [0.3, 0.4) is 0 Å². The van der Waals surface area contributed by atoms with E-state index in [1.807, 2.05) is 0 Å². The first-order valence-corrected chi connectivity index (χ1v) is 7.49. The predicted molar refractivity (Wildman–Crippen MR) is 73.5 cm³/mol. The van der Waals surface area contributed by atoms with Gasteiger partial charge in [-0.15, -0.1) is 0 Å². The molecule has 5 nitrogen and oxygen atoms in total. The van der Waals surface area contributed by atoms with Crippen molar-refractivity contribution in [2.24, 2.45) is 0 Å². The molecule has 1 aromatic carbocycles. The quantitative estimate of drug-likeness (QED) is 0.923. The van der Waals surface area contributed by atoms with Gasteiger partial charge in [0.05, 0.1) is 15.6 Å². The van der Waals surface area contributed by atoms with Crippen LogP contribution in [0.15, 0.2) is 17.0 Å². The number of benzene rings is 1. The average molecular weight is 326 g/mol. The molecule has 0 saturated heterocycles. The van der Waals surface area contributed by atoms with Gasteiger partial charge < -0.3 is 5.11 Å². The Balaban J connectivity index is 3.52. The van der Waals surface area contributed by atoms with Gasteiger partial charge in [0.15, 0.2) is 0 Å². The second kappa shape index (κ2) is 5.66. The van der Waals surface area contributed by atoms with Gasteiger partial charge in [-0.2, -0.15) is 4.31 Å². The number of carbonyl (C=O) groups is 1. The van der Waals surface area contributed by atoms with E-state index in [9.17, 15) is 13.2 Å². The molecule has 0 fully saturated rings. The molecule has 0 unspecified atom stereocenters. The number of carboxylic acid groups (broad SMARTS) is 1. The number of rotatable bonds is 4. The van der Waals surface area contributed by atoms with Crippen LogP contribution in [0.5, 0.6) is 0 Å². The van der Waals surface area contributed by atoms with Crippen LogP contribution in [0.2, 0.25) is 10.0 Å². The number of sulfonamides is 1. The molecule has 0 heterocycles. The van der Waals surface area contributed by atoms with Gasteiger partial charge in [-0.1, -0.05) is 23.2 Å². The third kappa shape index (κ3) is 3.20. The largest absolute Gasteiger partial charge is 0.478 e. The van der Waals surface area contributed by atoms with Crippen LogP contribution in [-0.4, -0.2) is 36.9 Å². The topological polar surface area (TPSA) is 74.7 Å². The summed E-state index contributed by atoms with van der Waals surface area (Å²) < 4.78 is 25.7. The Morgan fingerprint density at radius 3 is 2.21 bits per heavy atom. The number of aromatic carboxylic acids is 1. The lowest BCUT2D eigenvalue weighted by Crippen LogP contribution is -2.33. The van der Waals surface area contributed by atoms with Gasteiger partial charge in [0.25, 0.3) is 0 Å². The van der Waals surface area contributed by atoms with Crippen molar-refractivity contribution in [2.45, 2.75) is 24.8 Å². The second-order valence-corrected chi connectivity index (χ2v) is 6.96. The smallest absolute Gasteiger partial charge is 0.337 e. The summed E-state index contributed by atoms with van der Waals surface area (Å²) in [6.45, 7) is 3.39. The lowest BCUT2D eigenvalue weighted by Gasteiger charge is -2.21. The first-order valence-electron chi connectivity index (χ1n) is 5.29. The Morgan fingerprint density at radius 1 is 1.26 bits per heavy atom. The molecule has 0 bridgehead atoms. The third-order valence-electron chi connectivity index (χ3n) is 2.64. The maximum atomic E-state index is 12.3. The molecule has 0 aliphatic rings. The molecule has 0 aliphatic carbocycles. The molecular formula is C11H13Cl2NO4S. The Labute approximate surface area is 121 Å². The van der Waals surface area contributed by atoms with Crippen molar-refractivity contribution in [3.05, 3.63) is 27.7 Å². The van der Waals surface area contributed by atoms with Gasteiger partial charge in [0, 0.05) is 13.1 Å². The van der Waals surface area contributed by atoms with E-state index in [1.165, 1.54) is 7.05 Å². The summed E-state index contributed by atoms with van der Waals surface area (Å²) in [6, 6.07) is 1.81. The van der Waals surface area contributed by atoms with Crippen LogP contribution in [0.25, 0.3) is 0 Å². The van der Waals surface area contributed by atoms with Crippen molar-refractivity contribution < 1.29 is 18.3 Å². The lowest BCUT2D eigenvalue weighted by molar-refractivity contribution is 0.0697. The van der Waals surface area contributed by atoms with E-state index < -0.39 is 16.0 Å². The fraction of sp³-hybridized carbons (Fsp3) is 0.364. The summed E-state index contributed by atoms with van der Waals surface area (Å²) in [5.74, 6) is -1.31. The van der Waals surface area contributed by atoms with E-state index in [4.69, 9.17) is 28.3 Å². The first-order chi connectivity index (χ1) is 8.59. The summed E-state index contributed by atoms with van der Waals surface area (Å²) in [4.78, 5) is 10.7. The normalized spacial score (nSPS) is 12.2. The summed E-state index contributed by atoms with van der Waals surface area (Å²) in [5.41, 5.74) is -0.304. The molecule has 0 spiro atoms. The number of hydrogen-bond acceptors (Lipinski definition) is 3. The highest BCUT2D eigenvalue weighted by atomic mass is 35.5. The van der Waals surface area contributed by atoms with Crippen LogP contribution in [-0.2, 0) is 10.0 Å². The highest BCUT2D eigenvalue weighted by Gasteiger charge is 2.27. The molecule has 0 radical (unpaired) electrons.